The third-order valence-corrected chi connectivity index (χ3v) is 4.49. The maximum absolute atomic E-state index is 12.5. The highest BCUT2D eigenvalue weighted by atomic mass is 16.6. The average Bonchev–Trinajstić information content (AvgIpc) is 2.62. The van der Waals surface area contributed by atoms with Gasteiger partial charge in [-0.15, -0.1) is 0 Å². The number of carbonyl (C=O) groups is 2. The molecule has 2 heterocycles. The molecule has 0 radical (unpaired) electrons. The Kier molecular flexibility index (Phi) is 4.98. The van der Waals surface area contributed by atoms with Crippen LogP contribution in [-0.2, 0) is 9.53 Å². The molecule has 0 saturated carbocycles. The fourth-order valence-corrected chi connectivity index (χ4v) is 2.95. The van der Waals surface area contributed by atoms with E-state index in [4.69, 9.17) is 14.2 Å². The summed E-state index contributed by atoms with van der Waals surface area (Å²) in [7, 11) is 1.61. The lowest BCUT2D eigenvalue weighted by Gasteiger charge is -2.36. The predicted octanol–water partition coefficient (Wildman–Crippen LogP) is 1.10. The summed E-state index contributed by atoms with van der Waals surface area (Å²) < 4.78 is 16.7. The number of aliphatic carboxylic acids is 1. The minimum absolute atomic E-state index is 0.248. The topological polar surface area (TPSA) is 97.3 Å². The molecule has 1 aromatic carbocycles. The first-order valence-corrected chi connectivity index (χ1v) is 8.23. The molecular formula is C17H22N2O6. The molecule has 25 heavy (non-hydrogen) atoms. The monoisotopic (exact) mass is 350 g/mol. The van der Waals surface area contributed by atoms with E-state index >= 15 is 0 Å². The van der Waals surface area contributed by atoms with Crippen molar-refractivity contribution in [1.29, 1.82) is 0 Å². The molecule has 2 aliphatic rings. The molecule has 1 atom stereocenters. The van der Waals surface area contributed by atoms with Gasteiger partial charge in [0.25, 0.3) is 0 Å². The highest BCUT2D eigenvalue weighted by molar-refractivity contribution is 5.86. The van der Waals surface area contributed by atoms with E-state index in [0.29, 0.717) is 31.3 Å². The maximum atomic E-state index is 12.5. The van der Waals surface area contributed by atoms with Crippen molar-refractivity contribution in [1.82, 2.24) is 10.2 Å². The number of carbonyl (C=O) groups excluding carboxylic acids is 1. The van der Waals surface area contributed by atoms with Gasteiger partial charge in [0.2, 0.25) is 0 Å². The van der Waals surface area contributed by atoms with Crippen LogP contribution in [0.25, 0.3) is 0 Å². The number of nitrogens with one attached hydrogen (secondary N) is 1. The first kappa shape index (κ1) is 17.3. The summed E-state index contributed by atoms with van der Waals surface area (Å²) in [5.74, 6) is 0.278. The Hall–Kier alpha value is -2.48. The minimum Gasteiger partial charge on any atom is -0.486 e. The van der Waals surface area contributed by atoms with Crippen LogP contribution in [0.15, 0.2) is 24.3 Å². The molecule has 3 rings (SSSR count). The number of hydrogen-bond donors (Lipinski definition) is 2. The molecule has 0 unspecified atom stereocenters. The van der Waals surface area contributed by atoms with Crippen LogP contribution >= 0.6 is 0 Å². The summed E-state index contributed by atoms with van der Waals surface area (Å²) in [6.45, 7) is 1.23. The lowest BCUT2D eigenvalue weighted by Crippen LogP contribution is -2.60. The van der Waals surface area contributed by atoms with Gasteiger partial charge in [0.05, 0.1) is 6.54 Å². The number of nitrogens with zero attached hydrogens (tertiary/aromatic N) is 1. The lowest BCUT2D eigenvalue weighted by atomic mass is 9.90. The standard InChI is InChI=1S/C17H22N2O6/c1-19(10-12-11-24-13-4-2-3-5-14(13)25-12)16(22)18-17(15(20)21)6-8-23-9-7-17/h2-5,12H,6-11H2,1H3,(H,18,22)(H,20,21)/t12-/m1/s1. The first-order valence-electron chi connectivity index (χ1n) is 8.23. The van der Waals surface area contributed by atoms with Crippen LogP contribution in [0.5, 0.6) is 11.5 Å². The molecule has 2 aliphatic heterocycles. The number of likely N-dealkylation sites (N-methyl/N-ethyl adjacent to an activating group) is 1. The molecular weight excluding hydrogens is 328 g/mol. The number of para-hydroxylation sites is 2. The van der Waals surface area contributed by atoms with E-state index in [1.165, 1.54) is 4.90 Å². The van der Waals surface area contributed by atoms with E-state index in [1.54, 1.807) is 7.05 Å². The van der Waals surface area contributed by atoms with Crippen molar-refractivity contribution in [3.05, 3.63) is 24.3 Å². The number of hydrogen-bond acceptors (Lipinski definition) is 5. The molecule has 136 valence electrons. The highest BCUT2D eigenvalue weighted by Crippen LogP contribution is 2.31. The third-order valence-electron chi connectivity index (χ3n) is 4.49. The van der Waals surface area contributed by atoms with Crippen molar-refractivity contribution in [2.45, 2.75) is 24.5 Å². The zero-order valence-corrected chi connectivity index (χ0v) is 14.1. The molecule has 0 aliphatic carbocycles. The van der Waals surface area contributed by atoms with Gasteiger partial charge in [-0.2, -0.15) is 0 Å². The van der Waals surface area contributed by atoms with Crippen molar-refractivity contribution in [3.63, 3.8) is 0 Å². The van der Waals surface area contributed by atoms with Crippen LogP contribution < -0.4 is 14.8 Å². The molecule has 0 bridgehead atoms. The van der Waals surface area contributed by atoms with Crippen LogP contribution in [-0.4, -0.2) is 67.1 Å². The van der Waals surface area contributed by atoms with Crippen LogP contribution in [0.3, 0.4) is 0 Å². The van der Waals surface area contributed by atoms with E-state index in [1.807, 2.05) is 24.3 Å². The number of urea groups is 1. The summed E-state index contributed by atoms with van der Waals surface area (Å²) in [6, 6.07) is 6.89. The molecule has 2 N–H and O–H groups in total. The van der Waals surface area contributed by atoms with Gasteiger partial charge in [-0.3, -0.25) is 0 Å². The first-order chi connectivity index (χ1) is 12.0. The normalized spacial score (nSPS) is 21.2. The number of fused-ring (bicyclic) bond motifs is 1. The van der Waals surface area contributed by atoms with Gasteiger partial charge in [0.1, 0.15) is 12.1 Å². The number of amides is 2. The Morgan fingerprint density at radius 2 is 1.96 bits per heavy atom. The predicted molar refractivity (Wildman–Crippen MR) is 87.9 cm³/mol. The number of ether oxygens (including phenoxy) is 3. The highest BCUT2D eigenvalue weighted by Gasteiger charge is 2.42. The second kappa shape index (κ2) is 7.18. The Balaban J connectivity index is 1.58. The SMILES string of the molecule is CN(C[C@@H]1COc2ccccc2O1)C(=O)NC1(C(=O)O)CCOCC1. The van der Waals surface area contributed by atoms with Gasteiger partial charge >= 0.3 is 12.0 Å². The summed E-state index contributed by atoms with van der Waals surface area (Å²) in [6.07, 6.45) is 0.178. The molecule has 1 saturated heterocycles. The Morgan fingerprint density at radius 3 is 2.64 bits per heavy atom. The van der Waals surface area contributed by atoms with Gasteiger partial charge in [0, 0.05) is 33.1 Å². The zero-order valence-electron chi connectivity index (χ0n) is 14.1. The van der Waals surface area contributed by atoms with Crippen molar-refractivity contribution < 1.29 is 28.9 Å². The van der Waals surface area contributed by atoms with Gasteiger partial charge in [-0.25, -0.2) is 9.59 Å². The quantitative estimate of drug-likeness (QED) is 0.844. The lowest BCUT2D eigenvalue weighted by molar-refractivity contribution is -0.148. The van der Waals surface area contributed by atoms with Crippen molar-refractivity contribution >= 4 is 12.0 Å². The number of benzene rings is 1. The summed E-state index contributed by atoms with van der Waals surface area (Å²) >= 11 is 0. The van der Waals surface area contributed by atoms with Crippen LogP contribution in [0, 0.1) is 0 Å². The van der Waals surface area contributed by atoms with E-state index in [0.717, 1.165) is 0 Å². The molecule has 2 amide bonds. The number of carboxylic acid groups (broad SMARTS) is 1. The number of rotatable bonds is 4. The van der Waals surface area contributed by atoms with Crippen LogP contribution in [0.4, 0.5) is 4.79 Å². The van der Waals surface area contributed by atoms with Gasteiger partial charge in [0.15, 0.2) is 17.6 Å². The van der Waals surface area contributed by atoms with E-state index in [2.05, 4.69) is 5.32 Å². The van der Waals surface area contributed by atoms with Gasteiger partial charge < -0.3 is 29.5 Å². The van der Waals surface area contributed by atoms with E-state index in [-0.39, 0.29) is 25.5 Å². The fraction of sp³-hybridized carbons (Fsp3) is 0.529. The molecule has 0 aromatic heterocycles. The maximum Gasteiger partial charge on any atom is 0.329 e. The Morgan fingerprint density at radius 1 is 1.28 bits per heavy atom. The second-order valence-corrected chi connectivity index (χ2v) is 6.31. The largest absolute Gasteiger partial charge is 0.486 e. The van der Waals surface area contributed by atoms with Crippen LogP contribution in [0.2, 0.25) is 0 Å². The van der Waals surface area contributed by atoms with Crippen molar-refractivity contribution in [2.24, 2.45) is 0 Å². The third kappa shape index (κ3) is 3.79. The molecule has 1 fully saturated rings. The molecule has 0 spiro atoms. The molecule has 1 aromatic rings. The van der Waals surface area contributed by atoms with Gasteiger partial charge in [-0.1, -0.05) is 12.1 Å². The zero-order chi connectivity index (χ0) is 17.9. The smallest absolute Gasteiger partial charge is 0.329 e. The van der Waals surface area contributed by atoms with Crippen molar-refractivity contribution in [2.75, 3.05) is 33.4 Å². The molecule has 8 nitrogen and oxygen atoms in total. The number of carboxylic acids is 1. The van der Waals surface area contributed by atoms with E-state index < -0.39 is 17.5 Å². The van der Waals surface area contributed by atoms with E-state index in [9.17, 15) is 14.7 Å². The summed E-state index contributed by atoms with van der Waals surface area (Å²) in [5, 5.41) is 12.2. The van der Waals surface area contributed by atoms with Gasteiger partial charge in [-0.05, 0) is 12.1 Å². The van der Waals surface area contributed by atoms with Crippen LogP contribution in [0.1, 0.15) is 12.8 Å². The minimum atomic E-state index is -1.28. The Bertz CT molecular complexity index is 644. The Labute approximate surface area is 145 Å². The molecule has 8 heteroatoms. The van der Waals surface area contributed by atoms with Crippen molar-refractivity contribution in [3.8, 4) is 11.5 Å². The second-order valence-electron chi connectivity index (χ2n) is 6.31. The average molecular weight is 350 g/mol. The summed E-state index contributed by atoms with van der Waals surface area (Å²) in [4.78, 5) is 25.5. The summed E-state index contributed by atoms with van der Waals surface area (Å²) in [5.41, 5.74) is -1.28. The fourth-order valence-electron chi connectivity index (χ4n) is 2.95.